The first kappa shape index (κ1) is 51.9. The summed E-state index contributed by atoms with van der Waals surface area (Å²) >= 11 is 16.1. The van der Waals surface area contributed by atoms with Crippen LogP contribution in [0.4, 0.5) is 23.3 Å². The van der Waals surface area contributed by atoms with Crippen LogP contribution in [-0.4, -0.2) is 87.8 Å². The first-order valence-corrected chi connectivity index (χ1v) is 28.0. The van der Waals surface area contributed by atoms with Crippen molar-refractivity contribution in [3.63, 3.8) is 0 Å². The smallest absolute Gasteiger partial charge is 0.247 e. The number of piperidine rings is 2. The Hall–Kier alpha value is -4.95. The van der Waals surface area contributed by atoms with E-state index in [1.54, 1.807) is 24.5 Å². The van der Waals surface area contributed by atoms with Gasteiger partial charge in [0.25, 0.3) is 0 Å². The molecule has 4 aliphatic rings. The number of nitrogens with zero attached hydrogens (tertiary/aromatic N) is 8. The monoisotopic (exact) mass is 1070 g/mol. The van der Waals surface area contributed by atoms with Crippen molar-refractivity contribution in [1.82, 2.24) is 33.5 Å². The number of nitrogens with one attached hydrogen (secondary N) is 3. The molecule has 6 heterocycles. The Labute approximate surface area is 442 Å². The molecule has 2 saturated carbocycles. The van der Waals surface area contributed by atoms with Gasteiger partial charge >= 0.3 is 0 Å². The highest BCUT2D eigenvalue weighted by atomic mass is 35.5. The predicted octanol–water partition coefficient (Wildman–Crippen LogP) is 10.6. The second kappa shape index (κ2) is 21.9. The Kier molecular flexibility index (Phi) is 15.8. The Bertz CT molecular complexity index is 3010. The summed E-state index contributed by atoms with van der Waals surface area (Å²) in [4.78, 5) is 50.4. The van der Waals surface area contributed by atoms with Gasteiger partial charge in [-0.15, -0.1) is 0 Å². The second-order valence-electron chi connectivity index (χ2n) is 20.1. The van der Waals surface area contributed by atoms with Crippen LogP contribution in [0.5, 0.6) is 0 Å². The molecule has 2 aliphatic carbocycles. The van der Waals surface area contributed by atoms with Gasteiger partial charge in [-0.1, -0.05) is 84.9 Å². The zero-order valence-corrected chi connectivity index (χ0v) is 44.9. The van der Waals surface area contributed by atoms with E-state index in [1.165, 1.54) is 61.4 Å². The van der Waals surface area contributed by atoms with Crippen LogP contribution in [0, 0.1) is 10.8 Å². The summed E-state index contributed by atoms with van der Waals surface area (Å²) in [6.07, 6.45) is 25.0. The average Bonchev–Trinajstić information content (AvgIpc) is 4.21. The molecule has 2 saturated heterocycles. The van der Waals surface area contributed by atoms with Crippen molar-refractivity contribution in [3.05, 3.63) is 109 Å². The molecule has 4 fully saturated rings. The molecule has 72 heavy (non-hydrogen) atoms. The molecule has 0 bridgehead atoms. The maximum Gasteiger partial charge on any atom is 0.247 e. The van der Waals surface area contributed by atoms with Gasteiger partial charge in [0.05, 0.1) is 46.9 Å². The lowest BCUT2D eigenvalue weighted by atomic mass is 9.74. The van der Waals surface area contributed by atoms with E-state index in [0.717, 1.165) is 107 Å². The van der Waals surface area contributed by atoms with Gasteiger partial charge in [0.15, 0.2) is 11.3 Å². The molecule has 15 nitrogen and oxygen atoms in total. The third kappa shape index (κ3) is 10.8. The fourth-order valence-corrected chi connectivity index (χ4v) is 14.1. The lowest BCUT2D eigenvalue weighted by Crippen LogP contribution is -2.51. The molecule has 5 N–H and O–H groups in total. The van der Waals surface area contributed by atoms with E-state index in [4.69, 9.17) is 38.9 Å². The van der Waals surface area contributed by atoms with Gasteiger partial charge in [0.2, 0.25) is 23.7 Å². The molecule has 0 radical (unpaired) electrons. The van der Waals surface area contributed by atoms with Crippen molar-refractivity contribution in [2.45, 2.75) is 121 Å². The molecule has 2 aromatic carbocycles. The van der Waals surface area contributed by atoms with Gasteiger partial charge < -0.3 is 26.2 Å². The Morgan fingerprint density at radius 2 is 1.17 bits per heavy atom. The Morgan fingerprint density at radius 1 is 0.708 bits per heavy atom. The number of carbonyl (C=O) groups excluding carboxylic acids is 2. The van der Waals surface area contributed by atoms with Gasteiger partial charge in [0, 0.05) is 85.2 Å². The molecule has 380 valence electrons. The van der Waals surface area contributed by atoms with Gasteiger partial charge in [-0.25, -0.2) is 28.9 Å². The standard InChI is InChI=1S/C28H35ClN6O2S2.C24H27ClN6OS/c1-5-23(36)32-19-8-6-9-20(24(19)29)38-21-18-31-26(35-17-14-30-25(21)35)34-15-12-28(13-16-34)11-7-10-22(28)33-39(37)27(2,3)4;1-2-20(32)29-16-5-3-6-17(21(16)25)33-18-15-28-23(31-14-11-27-22(18)31)30-12-9-24(10-13-30)8-4-7-19(24)26/h5-6,8-9,14,17-18,22,33H,1,7,10-13,15-16H2,2-4H3,(H,32,36);2-3,5-6,11,14-15,19H,1,4,7-10,12-13,26H2,(H,29,32)/t22-,39-;19-/m11/s1. The maximum absolute atomic E-state index is 12.8. The number of rotatable bonds is 12. The fourth-order valence-electron chi connectivity index (χ4n) is 10.7. The fraction of sp³-hybridized carbons (Fsp3) is 0.423. The molecule has 2 amide bonds. The maximum atomic E-state index is 12.8. The van der Waals surface area contributed by atoms with Crippen molar-refractivity contribution in [2.75, 3.05) is 46.6 Å². The van der Waals surface area contributed by atoms with Gasteiger partial charge in [0.1, 0.15) is 0 Å². The van der Waals surface area contributed by atoms with Gasteiger partial charge in [-0.05, 0) is 119 Å². The molecule has 0 unspecified atom stereocenters. The molecular weight excluding hydrogens is 1010 g/mol. The third-order valence-electron chi connectivity index (χ3n) is 14.8. The molecule has 4 aromatic heterocycles. The number of hydrogen-bond acceptors (Lipinski definition) is 12. The number of benzene rings is 2. The zero-order valence-electron chi connectivity index (χ0n) is 40.9. The van der Waals surface area contributed by atoms with Gasteiger partial charge in [-0.2, -0.15) is 0 Å². The minimum atomic E-state index is -1.06. The topological polar surface area (TPSA) is 180 Å². The first-order chi connectivity index (χ1) is 34.6. The highest BCUT2D eigenvalue weighted by molar-refractivity contribution is 8.00. The normalized spacial score (nSPS) is 19.9. The van der Waals surface area contributed by atoms with Crippen molar-refractivity contribution in [3.8, 4) is 0 Å². The van der Waals surface area contributed by atoms with Crippen LogP contribution in [0.15, 0.2) is 118 Å². The minimum absolute atomic E-state index is 0.185. The van der Waals surface area contributed by atoms with E-state index in [0.29, 0.717) is 32.9 Å². The van der Waals surface area contributed by atoms with Gasteiger partial charge in [-0.3, -0.25) is 18.4 Å². The van der Waals surface area contributed by atoms with Crippen molar-refractivity contribution in [1.29, 1.82) is 0 Å². The van der Waals surface area contributed by atoms with Crippen LogP contribution in [0.25, 0.3) is 11.3 Å². The van der Waals surface area contributed by atoms with E-state index in [9.17, 15) is 13.8 Å². The molecular formula is C52H62Cl2N12O3S3. The minimum Gasteiger partial charge on any atom is -0.342 e. The number of amides is 2. The molecule has 2 aliphatic heterocycles. The second-order valence-corrected chi connectivity index (χ2v) is 25.0. The summed E-state index contributed by atoms with van der Waals surface area (Å²) in [6, 6.07) is 11.7. The Morgan fingerprint density at radius 3 is 1.61 bits per heavy atom. The van der Waals surface area contributed by atoms with Crippen LogP contribution in [0.3, 0.4) is 0 Å². The van der Waals surface area contributed by atoms with Crippen LogP contribution in [0.1, 0.15) is 85.0 Å². The van der Waals surface area contributed by atoms with E-state index in [1.807, 2.05) is 78.6 Å². The number of fused-ring (bicyclic) bond motifs is 2. The molecule has 10 rings (SSSR count). The van der Waals surface area contributed by atoms with E-state index in [-0.39, 0.29) is 28.0 Å². The number of nitrogens with two attached hydrogens (primary N) is 1. The Balaban J connectivity index is 0.000000180. The van der Waals surface area contributed by atoms with Crippen LogP contribution in [0.2, 0.25) is 10.0 Å². The number of imidazole rings is 2. The predicted molar refractivity (Wildman–Crippen MR) is 293 cm³/mol. The van der Waals surface area contributed by atoms with Crippen LogP contribution in [-0.2, 0) is 20.6 Å². The molecule has 20 heteroatoms. The number of aromatic nitrogens is 6. The van der Waals surface area contributed by atoms with Crippen molar-refractivity contribution in [2.24, 2.45) is 16.6 Å². The summed E-state index contributed by atoms with van der Waals surface area (Å²) < 4.78 is 20.2. The lowest BCUT2D eigenvalue weighted by molar-refractivity contribution is -0.112. The van der Waals surface area contributed by atoms with E-state index in [2.05, 4.69) is 48.3 Å². The molecule has 3 atom stereocenters. The van der Waals surface area contributed by atoms with Crippen molar-refractivity contribution >= 4 is 104 Å². The molecule has 6 aromatic rings. The third-order valence-corrected chi connectivity index (χ3v) is 19.6. The summed E-state index contributed by atoms with van der Waals surface area (Å²) in [7, 11) is -1.06. The highest BCUT2D eigenvalue weighted by Gasteiger charge is 2.47. The summed E-state index contributed by atoms with van der Waals surface area (Å²) in [5.41, 5.74) is 9.67. The number of hydrogen-bond donors (Lipinski definition) is 4. The summed E-state index contributed by atoms with van der Waals surface area (Å²) in [6.45, 7) is 16.8. The van der Waals surface area contributed by atoms with Crippen LogP contribution < -0.4 is 30.9 Å². The quantitative estimate of drug-likeness (QED) is 0.0854. The van der Waals surface area contributed by atoms with E-state index >= 15 is 0 Å². The number of carbonyl (C=O) groups is 2. The number of halogens is 2. The molecule has 2 spiro atoms. The SMILES string of the molecule is C=CC(=O)Nc1cccc(Sc2cnc(N3CCC4(CCC[C@H]4N)CC3)n3ccnc23)c1Cl.C=CC(=O)Nc1cccc(Sc2cnc(N3CCC4(CCC[C@H]4N[S@](=O)C(C)(C)C)CC3)n3ccnc23)c1Cl. The zero-order chi connectivity index (χ0) is 50.8. The van der Waals surface area contributed by atoms with Crippen LogP contribution >= 0.6 is 46.7 Å². The number of anilines is 4. The average molecular weight is 1070 g/mol. The van der Waals surface area contributed by atoms with E-state index < -0.39 is 11.0 Å². The highest BCUT2D eigenvalue weighted by Crippen LogP contribution is 2.49. The summed E-state index contributed by atoms with van der Waals surface area (Å²) in [5, 5.41) is 6.42. The largest absolute Gasteiger partial charge is 0.342 e. The lowest BCUT2D eigenvalue weighted by Gasteiger charge is -2.44. The first-order valence-electron chi connectivity index (χ1n) is 24.5. The van der Waals surface area contributed by atoms with Crippen molar-refractivity contribution < 1.29 is 13.8 Å². The summed E-state index contributed by atoms with van der Waals surface area (Å²) in [5.74, 6) is 1.17.